The molecule has 1 unspecified atom stereocenters. The Hall–Kier alpha value is -2.01. The molecule has 1 atom stereocenters. The average Bonchev–Trinajstić information content (AvgIpc) is 3.04. The lowest BCUT2D eigenvalue weighted by atomic mass is 9.99. The first-order chi connectivity index (χ1) is 10.1. The number of anilines is 3. The average molecular weight is 299 g/mol. The largest absolute Gasteiger partial charge is 0.397 e. The van der Waals surface area contributed by atoms with Gasteiger partial charge in [0.05, 0.1) is 23.8 Å². The SMILES string of the molecule is CC1c2ccsc2CCN1c1cc2c(cc1N)CC(=O)N2. The predicted octanol–water partition coefficient (Wildman–Crippen LogP) is 2.95. The van der Waals surface area contributed by atoms with Gasteiger partial charge >= 0.3 is 0 Å². The molecule has 5 heteroatoms. The number of hydrogen-bond acceptors (Lipinski definition) is 4. The topological polar surface area (TPSA) is 58.4 Å². The van der Waals surface area contributed by atoms with E-state index in [0.717, 1.165) is 35.6 Å². The molecule has 0 radical (unpaired) electrons. The molecule has 2 aliphatic rings. The number of nitrogens with two attached hydrogens (primary N) is 1. The van der Waals surface area contributed by atoms with E-state index in [4.69, 9.17) is 5.73 Å². The monoisotopic (exact) mass is 299 g/mol. The van der Waals surface area contributed by atoms with Crippen LogP contribution in [0.2, 0.25) is 0 Å². The van der Waals surface area contributed by atoms with E-state index in [-0.39, 0.29) is 5.91 Å². The second kappa shape index (κ2) is 4.49. The quantitative estimate of drug-likeness (QED) is 0.796. The van der Waals surface area contributed by atoms with Crippen LogP contribution < -0.4 is 16.0 Å². The third kappa shape index (κ3) is 1.92. The lowest BCUT2D eigenvalue weighted by Gasteiger charge is -2.36. The van der Waals surface area contributed by atoms with Crippen molar-refractivity contribution in [3.8, 4) is 0 Å². The lowest BCUT2D eigenvalue weighted by molar-refractivity contribution is -0.115. The van der Waals surface area contributed by atoms with Crippen LogP contribution in [0.4, 0.5) is 17.1 Å². The predicted molar refractivity (Wildman–Crippen MR) is 87.0 cm³/mol. The van der Waals surface area contributed by atoms with E-state index >= 15 is 0 Å². The van der Waals surface area contributed by atoms with Crippen LogP contribution in [-0.4, -0.2) is 12.5 Å². The zero-order chi connectivity index (χ0) is 14.6. The molecule has 21 heavy (non-hydrogen) atoms. The highest BCUT2D eigenvalue weighted by molar-refractivity contribution is 7.10. The fourth-order valence-corrected chi connectivity index (χ4v) is 4.33. The molecular formula is C16H17N3OS. The maximum atomic E-state index is 11.5. The summed E-state index contributed by atoms with van der Waals surface area (Å²) in [5.74, 6) is 0.0494. The summed E-state index contributed by atoms with van der Waals surface area (Å²) in [4.78, 5) is 15.3. The number of carbonyl (C=O) groups excluding carboxylic acids is 1. The van der Waals surface area contributed by atoms with E-state index in [1.807, 2.05) is 23.5 Å². The van der Waals surface area contributed by atoms with E-state index in [1.165, 1.54) is 10.4 Å². The molecule has 0 bridgehead atoms. The van der Waals surface area contributed by atoms with Crippen molar-refractivity contribution in [1.29, 1.82) is 0 Å². The van der Waals surface area contributed by atoms with Gasteiger partial charge < -0.3 is 16.0 Å². The van der Waals surface area contributed by atoms with Gasteiger partial charge in [0.1, 0.15) is 0 Å². The summed E-state index contributed by atoms with van der Waals surface area (Å²) >= 11 is 1.84. The number of hydrogen-bond donors (Lipinski definition) is 2. The minimum absolute atomic E-state index is 0.0494. The summed E-state index contributed by atoms with van der Waals surface area (Å²) < 4.78 is 0. The standard InChI is InChI=1S/C16H17N3OS/c1-9-11-3-5-21-15(11)2-4-19(9)14-8-13-10(6-12(14)17)7-16(20)18-13/h3,5-6,8-9H,2,4,7,17H2,1H3,(H,18,20). The molecule has 1 aromatic carbocycles. The number of benzene rings is 1. The number of thiophene rings is 1. The third-order valence-electron chi connectivity index (χ3n) is 4.46. The molecule has 2 aliphatic heterocycles. The van der Waals surface area contributed by atoms with Gasteiger partial charge in [0, 0.05) is 17.1 Å². The van der Waals surface area contributed by atoms with E-state index in [0.29, 0.717) is 12.5 Å². The summed E-state index contributed by atoms with van der Waals surface area (Å²) in [6, 6.07) is 6.50. The summed E-state index contributed by atoms with van der Waals surface area (Å²) in [6.45, 7) is 3.18. The van der Waals surface area contributed by atoms with Crippen molar-refractivity contribution in [1.82, 2.24) is 0 Å². The maximum Gasteiger partial charge on any atom is 0.228 e. The first-order valence-corrected chi connectivity index (χ1v) is 8.06. The van der Waals surface area contributed by atoms with Crippen LogP contribution in [0.25, 0.3) is 0 Å². The van der Waals surface area contributed by atoms with Crippen molar-refractivity contribution < 1.29 is 4.79 Å². The Morgan fingerprint density at radius 1 is 1.43 bits per heavy atom. The van der Waals surface area contributed by atoms with E-state index in [9.17, 15) is 4.79 Å². The zero-order valence-corrected chi connectivity index (χ0v) is 12.7. The molecule has 1 amide bonds. The molecule has 1 aromatic heterocycles. The third-order valence-corrected chi connectivity index (χ3v) is 5.46. The maximum absolute atomic E-state index is 11.5. The lowest BCUT2D eigenvalue weighted by Crippen LogP contribution is -2.33. The highest BCUT2D eigenvalue weighted by Crippen LogP contribution is 2.41. The van der Waals surface area contributed by atoms with Crippen LogP contribution in [-0.2, 0) is 17.6 Å². The van der Waals surface area contributed by atoms with Crippen LogP contribution in [0.3, 0.4) is 0 Å². The number of carbonyl (C=O) groups is 1. The Morgan fingerprint density at radius 3 is 3.14 bits per heavy atom. The fraction of sp³-hybridized carbons (Fsp3) is 0.312. The second-order valence-corrected chi connectivity index (χ2v) is 6.71. The van der Waals surface area contributed by atoms with Gasteiger partial charge in [-0.1, -0.05) is 0 Å². The van der Waals surface area contributed by atoms with E-state index < -0.39 is 0 Å². The van der Waals surface area contributed by atoms with Crippen LogP contribution in [0.1, 0.15) is 29.0 Å². The molecule has 4 rings (SSSR count). The highest BCUT2D eigenvalue weighted by atomic mass is 32.1. The molecule has 0 spiro atoms. The van der Waals surface area contributed by atoms with Crippen LogP contribution >= 0.6 is 11.3 Å². The van der Waals surface area contributed by atoms with Gasteiger partial charge in [-0.2, -0.15) is 0 Å². The van der Waals surface area contributed by atoms with Crippen LogP contribution in [0.15, 0.2) is 23.6 Å². The number of fused-ring (bicyclic) bond motifs is 2. The Morgan fingerprint density at radius 2 is 2.29 bits per heavy atom. The normalized spacial score (nSPS) is 20.1. The van der Waals surface area contributed by atoms with Crippen molar-refractivity contribution >= 4 is 34.3 Å². The first-order valence-electron chi connectivity index (χ1n) is 7.18. The zero-order valence-electron chi connectivity index (χ0n) is 11.8. The fourth-order valence-electron chi connectivity index (χ4n) is 3.37. The number of nitrogens with zero attached hydrogens (tertiary/aromatic N) is 1. The van der Waals surface area contributed by atoms with E-state index in [1.54, 1.807) is 0 Å². The van der Waals surface area contributed by atoms with Crippen molar-refractivity contribution in [2.45, 2.75) is 25.8 Å². The van der Waals surface area contributed by atoms with Gasteiger partial charge in [-0.05, 0) is 48.1 Å². The molecule has 0 fully saturated rings. The smallest absolute Gasteiger partial charge is 0.228 e. The minimum atomic E-state index is 0.0494. The number of nitrogen functional groups attached to an aromatic ring is 1. The van der Waals surface area contributed by atoms with Gasteiger partial charge in [-0.25, -0.2) is 0 Å². The minimum Gasteiger partial charge on any atom is -0.397 e. The van der Waals surface area contributed by atoms with Crippen molar-refractivity contribution in [3.63, 3.8) is 0 Å². The molecule has 108 valence electrons. The summed E-state index contributed by atoms with van der Waals surface area (Å²) in [5.41, 5.74) is 11.3. The number of nitrogens with one attached hydrogen (secondary N) is 1. The van der Waals surface area contributed by atoms with E-state index in [2.05, 4.69) is 28.6 Å². The summed E-state index contributed by atoms with van der Waals surface area (Å²) in [5, 5.41) is 5.08. The van der Waals surface area contributed by atoms with Gasteiger partial charge in [0.2, 0.25) is 5.91 Å². The van der Waals surface area contributed by atoms with Crippen LogP contribution in [0, 0.1) is 0 Å². The van der Waals surface area contributed by atoms with Gasteiger partial charge in [-0.15, -0.1) is 11.3 Å². The van der Waals surface area contributed by atoms with Crippen molar-refractivity contribution in [2.24, 2.45) is 0 Å². The first kappa shape index (κ1) is 12.7. The highest BCUT2D eigenvalue weighted by Gasteiger charge is 2.28. The number of amides is 1. The van der Waals surface area contributed by atoms with Crippen molar-refractivity contribution in [2.75, 3.05) is 22.5 Å². The Bertz CT molecular complexity index is 737. The second-order valence-electron chi connectivity index (χ2n) is 5.71. The number of rotatable bonds is 1. The molecule has 4 nitrogen and oxygen atoms in total. The summed E-state index contributed by atoms with van der Waals surface area (Å²) in [6.07, 6.45) is 1.49. The molecule has 0 saturated carbocycles. The summed E-state index contributed by atoms with van der Waals surface area (Å²) in [7, 11) is 0. The Balaban J connectivity index is 1.75. The Labute approximate surface area is 127 Å². The molecule has 0 aliphatic carbocycles. The van der Waals surface area contributed by atoms with Gasteiger partial charge in [0.25, 0.3) is 0 Å². The molecular weight excluding hydrogens is 282 g/mol. The molecule has 3 heterocycles. The molecule has 2 aromatic rings. The van der Waals surface area contributed by atoms with Crippen LogP contribution in [0.5, 0.6) is 0 Å². The van der Waals surface area contributed by atoms with Gasteiger partial charge in [0.15, 0.2) is 0 Å². The van der Waals surface area contributed by atoms with Gasteiger partial charge in [-0.3, -0.25) is 4.79 Å². The Kier molecular flexibility index (Phi) is 2.72. The van der Waals surface area contributed by atoms with Crippen molar-refractivity contribution in [3.05, 3.63) is 39.6 Å². The molecule has 0 saturated heterocycles. The molecule has 3 N–H and O–H groups in total.